The molecule has 0 bridgehead atoms. The Balaban J connectivity index is 1.97. The number of ether oxygens (including phenoxy) is 1. The zero-order valence-electron chi connectivity index (χ0n) is 12.4. The smallest absolute Gasteiger partial charge is 0.309 e. The van der Waals surface area contributed by atoms with Crippen LogP contribution in [0.25, 0.3) is 0 Å². The average molecular weight is 282 g/mol. The van der Waals surface area contributed by atoms with E-state index in [1.807, 2.05) is 6.92 Å². The molecule has 0 saturated heterocycles. The number of carbonyl (C=O) groups is 2. The van der Waals surface area contributed by atoms with Crippen LogP contribution in [0.4, 0.5) is 0 Å². The maximum atomic E-state index is 11.8. The fourth-order valence-corrected chi connectivity index (χ4v) is 4.12. The van der Waals surface area contributed by atoms with Gasteiger partial charge in [0, 0.05) is 0 Å². The molecule has 20 heavy (non-hydrogen) atoms. The van der Waals surface area contributed by atoms with Crippen molar-refractivity contribution in [3.63, 3.8) is 0 Å². The van der Waals surface area contributed by atoms with Crippen LogP contribution in [0, 0.1) is 17.3 Å². The molecule has 0 radical (unpaired) electrons. The third-order valence-electron chi connectivity index (χ3n) is 5.30. The molecule has 0 heterocycles. The summed E-state index contributed by atoms with van der Waals surface area (Å²) in [6.07, 6.45) is 8.15. The molecule has 0 aromatic rings. The number of carbonyl (C=O) groups excluding carboxylic acids is 1. The molecule has 0 unspecified atom stereocenters. The molecule has 114 valence electrons. The van der Waals surface area contributed by atoms with E-state index in [0.29, 0.717) is 6.61 Å². The number of hydrogen-bond acceptors (Lipinski definition) is 3. The van der Waals surface area contributed by atoms with Crippen molar-refractivity contribution in [2.45, 2.75) is 64.7 Å². The van der Waals surface area contributed by atoms with Gasteiger partial charge in [-0.25, -0.2) is 0 Å². The Bertz CT molecular complexity index is 349. The van der Waals surface area contributed by atoms with Crippen LogP contribution in [0.5, 0.6) is 0 Å². The lowest BCUT2D eigenvalue weighted by molar-refractivity contribution is -0.158. The number of carboxylic acids is 1. The van der Waals surface area contributed by atoms with Crippen LogP contribution in [0.15, 0.2) is 0 Å². The van der Waals surface area contributed by atoms with Crippen LogP contribution < -0.4 is 0 Å². The minimum Gasteiger partial charge on any atom is -0.481 e. The zero-order valence-corrected chi connectivity index (χ0v) is 12.4. The molecule has 0 atom stereocenters. The van der Waals surface area contributed by atoms with Crippen molar-refractivity contribution in [2.75, 3.05) is 6.61 Å². The molecule has 2 rings (SSSR count). The Morgan fingerprint density at radius 2 is 1.70 bits per heavy atom. The summed E-state index contributed by atoms with van der Waals surface area (Å²) in [5, 5.41) is 9.71. The van der Waals surface area contributed by atoms with Crippen molar-refractivity contribution in [3.05, 3.63) is 0 Å². The number of carboxylic acid groups (broad SMARTS) is 1. The van der Waals surface area contributed by atoms with Gasteiger partial charge in [-0.1, -0.05) is 19.3 Å². The highest BCUT2D eigenvalue weighted by molar-refractivity contribution is 5.75. The van der Waals surface area contributed by atoms with E-state index in [9.17, 15) is 14.7 Å². The lowest BCUT2D eigenvalue weighted by atomic mass is 9.60. The summed E-state index contributed by atoms with van der Waals surface area (Å²) < 4.78 is 5.08. The molecule has 0 aromatic carbocycles. The van der Waals surface area contributed by atoms with Crippen molar-refractivity contribution in [1.82, 2.24) is 0 Å². The first-order valence-corrected chi connectivity index (χ1v) is 8.00. The van der Waals surface area contributed by atoms with Gasteiger partial charge in [-0.2, -0.15) is 0 Å². The van der Waals surface area contributed by atoms with Crippen LogP contribution in [-0.2, 0) is 14.3 Å². The van der Waals surface area contributed by atoms with Gasteiger partial charge in [0.25, 0.3) is 0 Å². The quantitative estimate of drug-likeness (QED) is 0.803. The normalized spacial score (nSPS) is 29.6. The summed E-state index contributed by atoms with van der Waals surface area (Å²) in [4.78, 5) is 23.6. The Labute approximate surface area is 120 Å². The van der Waals surface area contributed by atoms with E-state index in [1.54, 1.807) is 0 Å². The van der Waals surface area contributed by atoms with Gasteiger partial charge in [-0.05, 0) is 51.4 Å². The monoisotopic (exact) mass is 282 g/mol. The molecule has 0 amide bonds. The van der Waals surface area contributed by atoms with Crippen LogP contribution in [-0.4, -0.2) is 23.7 Å². The predicted octanol–water partition coefficient (Wildman–Crippen LogP) is 3.39. The molecule has 4 nitrogen and oxygen atoms in total. The van der Waals surface area contributed by atoms with Crippen LogP contribution in [0.2, 0.25) is 0 Å². The fourth-order valence-electron chi connectivity index (χ4n) is 4.12. The van der Waals surface area contributed by atoms with Crippen LogP contribution >= 0.6 is 0 Å². The highest BCUT2D eigenvalue weighted by Crippen LogP contribution is 2.49. The molecule has 2 saturated carbocycles. The third kappa shape index (κ3) is 2.99. The average Bonchev–Trinajstić information content (AvgIpc) is 2.48. The molecule has 0 aliphatic heterocycles. The minimum atomic E-state index is -0.614. The van der Waals surface area contributed by atoms with Gasteiger partial charge in [0.15, 0.2) is 0 Å². The lowest BCUT2D eigenvalue weighted by Gasteiger charge is -2.43. The second-order valence-electron chi connectivity index (χ2n) is 6.32. The summed E-state index contributed by atoms with van der Waals surface area (Å²) in [7, 11) is 0. The molecule has 0 aromatic heterocycles. The maximum Gasteiger partial charge on any atom is 0.309 e. The van der Waals surface area contributed by atoms with E-state index in [1.165, 1.54) is 0 Å². The molecule has 2 fully saturated rings. The van der Waals surface area contributed by atoms with E-state index >= 15 is 0 Å². The Morgan fingerprint density at radius 1 is 1.10 bits per heavy atom. The Morgan fingerprint density at radius 3 is 2.20 bits per heavy atom. The van der Waals surface area contributed by atoms with Crippen LogP contribution in [0.1, 0.15) is 64.7 Å². The lowest BCUT2D eigenvalue weighted by Crippen LogP contribution is -2.42. The molecular weight excluding hydrogens is 256 g/mol. The summed E-state index contributed by atoms with van der Waals surface area (Å²) in [5.41, 5.74) is -0.516. The SMILES string of the molecule is CCOC(=O)C1CCC(C2(C(=O)O)CCCCC2)CC1. The Kier molecular flexibility index (Phi) is 5.06. The molecule has 0 spiro atoms. The van der Waals surface area contributed by atoms with E-state index in [2.05, 4.69) is 0 Å². The first-order valence-electron chi connectivity index (χ1n) is 8.00. The van der Waals surface area contributed by atoms with Crippen molar-refractivity contribution in [2.24, 2.45) is 17.3 Å². The van der Waals surface area contributed by atoms with Gasteiger partial charge in [0.05, 0.1) is 17.9 Å². The first-order chi connectivity index (χ1) is 9.60. The molecular formula is C16H26O4. The van der Waals surface area contributed by atoms with E-state index < -0.39 is 11.4 Å². The van der Waals surface area contributed by atoms with Gasteiger partial charge in [0.2, 0.25) is 0 Å². The van der Waals surface area contributed by atoms with E-state index in [4.69, 9.17) is 4.74 Å². The molecule has 2 aliphatic carbocycles. The van der Waals surface area contributed by atoms with Crippen molar-refractivity contribution < 1.29 is 19.4 Å². The third-order valence-corrected chi connectivity index (χ3v) is 5.30. The number of aliphatic carboxylic acids is 1. The summed E-state index contributed by atoms with van der Waals surface area (Å²) >= 11 is 0. The van der Waals surface area contributed by atoms with Gasteiger partial charge >= 0.3 is 11.9 Å². The number of rotatable bonds is 4. The van der Waals surface area contributed by atoms with Gasteiger partial charge in [-0.15, -0.1) is 0 Å². The van der Waals surface area contributed by atoms with E-state index in [0.717, 1.165) is 57.8 Å². The molecule has 1 N–H and O–H groups in total. The molecule has 4 heteroatoms. The molecule has 2 aliphatic rings. The number of esters is 1. The summed E-state index contributed by atoms with van der Waals surface area (Å²) in [6.45, 7) is 2.25. The van der Waals surface area contributed by atoms with E-state index in [-0.39, 0.29) is 17.8 Å². The van der Waals surface area contributed by atoms with Gasteiger partial charge in [-0.3, -0.25) is 9.59 Å². The summed E-state index contributed by atoms with van der Waals surface area (Å²) in [5.74, 6) is -0.484. The Hall–Kier alpha value is -1.06. The maximum absolute atomic E-state index is 11.8. The highest BCUT2D eigenvalue weighted by Gasteiger charge is 2.47. The van der Waals surface area contributed by atoms with Crippen molar-refractivity contribution in [1.29, 1.82) is 0 Å². The number of hydrogen-bond donors (Lipinski definition) is 1. The topological polar surface area (TPSA) is 63.6 Å². The second kappa shape index (κ2) is 6.59. The fraction of sp³-hybridized carbons (Fsp3) is 0.875. The van der Waals surface area contributed by atoms with Gasteiger partial charge in [0.1, 0.15) is 0 Å². The van der Waals surface area contributed by atoms with Crippen LogP contribution in [0.3, 0.4) is 0 Å². The van der Waals surface area contributed by atoms with Crippen molar-refractivity contribution >= 4 is 11.9 Å². The highest BCUT2D eigenvalue weighted by atomic mass is 16.5. The zero-order chi connectivity index (χ0) is 14.6. The largest absolute Gasteiger partial charge is 0.481 e. The standard InChI is InChI=1S/C16H26O4/c1-2-20-14(17)12-6-8-13(9-7-12)16(15(18)19)10-4-3-5-11-16/h12-13H,2-11H2,1H3,(H,18,19). The summed E-state index contributed by atoms with van der Waals surface area (Å²) in [6, 6.07) is 0. The van der Waals surface area contributed by atoms with Crippen molar-refractivity contribution in [3.8, 4) is 0 Å². The first kappa shape index (κ1) is 15.3. The second-order valence-corrected chi connectivity index (χ2v) is 6.32. The minimum absolute atomic E-state index is 0.0133. The van der Waals surface area contributed by atoms with Gasteiger partial charge < -0.3 is 9.84 Å². The predicted molar refractivity (Wildman–Crippen MR) is 75.2 cm³/mol.